The quantitative estimate of drug-likeness (QED) is 0.537. The predicted octanol–water partition coefficient (Wildman–Crippen LogP) is 4.51. The minimum Gasteiger partial charge on any atom is -0.457 e. The van der Waals surface area contributed by atoms with Crippen LogP contribution in [0.25, 0.3) is 5.69 Å². The summed E-state index contributed by atoms with van der Waals surface area (Å²) >= 11 is 0. The number of aromatic nitrogens is 4. The van der Waals surface area contributed by atoms with Crippen molar-refractivity contribution in [2.75, 3.05) is 5.32 Å². The van der Waals surface area contributed by atoms with Crippen LogP contribution in [0.1, 0.15) is 11.4 Å². The fourth-order valence-corrected chi connectivity index (χ4v) is 2.69. The number of aryl methyl sites for hydroxylation is 1. The number of hydrogen-bond acceptors (Lipinski definition) is 5. The molecule has 0 aliphatic rings. The lowest BCUT2D eigenvalue weighted by Crippen LogP contribution is -2.00. The second-order valence-corrected chi connectivity index (χ2v) is 6.25. The molecule has 0 atom stereocenters. The highest BCUT2D eigenvalue weighted by Crippen LogP contribution is 2.23. The molecule has 0 aliphatic carbocycles. The van der Waals surface area contributed by atoms with Crippen LogP contribution in [0.4, 0.5) is 10.1 Å². The van der Waals surface area contributed by atoms with Crippen LogP contribution in [-0.4, -0.2) is 20.0 Å². The van der Waals surface area contributed by atoms with Crippen molar-refractivity contribution < 1.29 is 9.13 Å². The molecule has 0 bridgehead atoms. The Morgan fingerprint density at radius 3 is 2.68 bits per heavy atom. The smallest absolute Gasteiger partial charge is 0.130 e. The molecule has 4 rings (SSSR count). The number of hydrogen-bond donors (Lipinski definition) is 1. The lowest BCUT2D eigenvalue weighted by atomic mass is 10.3. The Morgan fingerprint density at radius 1 is 1.04 bits per heavy atom. The molecule has 0 unspecified atom stereocenters. The monoisotopic (exact) mass is 375 g/mol. The summed E-state index contributed by atoms with van der Waals surface area (Å²) in [4.78, 5) is 4.18. The van der Waals surface area contributed by atoms with Gasteiger partial charge in [0.05, 0.1) is 18.4 Å². The molecule has 6 nitrogen and oxygen atoms in total. The third-order valence-corrected chi connectivity index (χ3v) is 4.04. The fourth-order valence-electron chi connectivity index (χ4n) is 2.69. The maximum atomic E-state index is 13.2. The van der Waals surface area contributed by atoms with Gasteiger partial charge in [0.2, 0.25) is 0 Å². The summed E-state index contributed by atoms with van der Waals surface area (Å²) in [6.45, 7) is 2.51. The van der Waals surface area contributed by atoms with Gasteiger partial charge in [-0.05, 0) is 55.5 Å². The molecule has 0 saturated heterocycles. The van der Waals surface area contributed by atoms with E-state index in [0.29, 0.717) is 18.0 Å². The average Bonchev–Trinajstić information content (AvgIpc) is 3.16. The van der Waals surface area contributed by atoms with E-state index in [-0.39, 0.29) is 5.82 Å². The van der Waals surface area contributed by atoms with Crippen LogP contribution in [0.2, 0.25) is 0 Å². The second-order valence-electron chi connectivity index (χ2n) is 6.25. The van der Waals surface area contributed by atoms with E-state index >= 15 is 0 Å². The van der Waals surface area contributed by atoms with E-state index in [9.17, 15) is 4.39 Å². The van der Waals surface area contributed by atoms with Crippen molar-refractivity contribution in [1.82, 2.24) is 20.0 Å². The van der Waals surface area contributed by atoms with E-state index in [2.05, 4.69) is 20.6 Å². The first-order valence-electron chi connectivity index (χ1n) is 8.77. The number of halogens is 1. The molecule has 28 heavy (non-hydrogen) atoms. The Balaban J connectivity index is 1.40. The highest BCUT2D eigenvalue weighted by atomic mass is 19.1. The maximum absolute atomic E-state index is 13.2. The maximum Gasteiger partial charge on any atom is 0.130 e. The summed E-state index contributed by atoms with van der Waals surface area (Å²) in [5.74, 6) is 0.734. The van der Waals surface area contributed by atoms with Gasteiger partial charge in [0, 0.05) is 23.6 Å². The minimum atomic E-state index is -0.334. The molecule has 0 saturated carbocycles. The van der Waals surface area contributed by atoms with E-state index < -0.39 is 0 Å². The van der Waals surface area contributed by atoms with Gasteiger partial charge in [-0.2, -0.15) is 0 Å². The van der Waals surface area contributed by atoms with Crippen molar-refractivity contribution >= 4 is 5.69 Å². The highest BCUT2D eigenvalue weighted by molar-refractivity contribution is 5.43. The standard InChI is InChI=1S/C21H18FN5O/c1-15-11-17(9-10-23-15)24-13-18-14-27(26-25-18)19-5-7-20(8-6-19)28-21-4-2-3-16(22)12-21/h2-12,14H,13H2,1H3,(H,23,24). The molecule has 2 aromatic carbocycles. The Labute approximate surface area is 161 Å². The van der Waals surface area contributed by atoms with Gasteiger partial charge in [0.15, 0.2) is 0 Å². The average molecular weight is 375 g/mol. The van der Waals surface area contributed by atoms with Crippen LogP contribution in [0, 0.1) is 12.7 Å². The van der Waals surface area contributed by atoms with Crippen LogP contribution in [0.3, 0.4) is 0 Å². The summed E-state index contributed by atoms with van der Waals surface area (Å²) in [6, 6.07) is 17.3. The topological polar surface area (TPSA) is 64.9 Å². The largest absolute Gasteiger partial charge is 0.457 e. The summed E-state index contributed by atoms with van der Waals surface area (Å²) in [5.41, 5.74) is 3.61. The molecule has 2 aromatic heterocycles. The van der Waals surface area contributed by atoms with Crippen molar-refractivity contribution in [2.24, 2.45) is 0 Å². The van der Waals surface area contributed by atoms with Gasteiger partial charge in [0.1, 0.15) is 23.0 Å². The van der Waals surface area contributed by atoms with Gasteiger partial charge in [-0.15, -0.1) is 5.10 Å². The Hall–Kier alpha value is -3.74. The first-order valence-corrected chi connectivity index (χ1v) is 8.77. The number of nitrogens with zero attached hydrogens (tertiary/aromatic N) is 4. The number of nitrogens with one attached hydrogen (secondary N) is 1. The molecule has 0 radical (unpaired) electrons. The third kappa shape index (κ3) is 4.32. The van der Waals surface area contributed by atoms with Gasteiger partial charge in [-0.25, -0.2) is 9.07 Å². The van der Waals surface area contributed by atoms with Gasteiger partial charge in [-0.3, -0.25) is 4.98 Å². The summed E-state index contributed by atoms with van der Waals surface area (Å²) in [6.07, 6.45) is 3.63. The molecule has 0 aliphatic heterocycles. The van der Waals surface area contributed by atoms with Gasteiger partial charge in [0.25, 0.3) is 0 Å². The Bertz CT molecular complexity index is 1080. The molecule has 0 amide bonds. The molecule has 140 valence electrons. The first kappa shape index (κ1) is 17.7. The molecule has 7 heteroatoms. The lowest BCUT2D eigenvalue weighted by Gasteiger charge is -2.07. The molecular weight excluding hydrogens is 357 g/mol. The van der Waals surface area contributed by atoms with Crippen LogP contribution in [-0.2, 0) is 6.54 Å². The number of anilines is 1. The predicted molar refractivity (Wildman–Crippen MR) is 104 cm³/mol. The van der Waals surface area contributed by atoms with E-state index in [1.54, 1.807) is 35.1 Å². The van der Waals surface area contributed by atoms with Crippen molar-refractivity contribution in [3.05, 3.63) is 90.3 Å². The number of benzene rings is 2. The number of pyridine rings is 1. The van der Waals surface area contributed by atoms with Crippen LogP contribution < -0.4 is 10.1 Å². The molecule has 4 aromatic rings. The normalized spacial score (nSPS) is 10.6. The van der Waals surface area contributed by atoms with Crippen molar-refractivity contribution in [3.63, 3.8) is 0 Å². The summed E-state index contributed by atoms with van der Waals surface area (Å²) in [7, 11) is 0. The van der Waals surface area contributed by atoms with E-state index in [1.807, 2.05) is 37.4 Å². The zero-order valence-corrected chi connectivity index (χ0v) is 15.2. The fraction of sp³-hybridized carbons (Fsp3) is 0.0952. The molecular formula is C21H18FN5O. The summed E-state index contributed by atoms with van der Waals surface area (Å²) < 4.78 is 20.6. The Kier molecular flexibility index (Phi) is 4.97. The highest BCUT2D eigenvalue weighted by Gasteiger charge is 2.05. The molecule has 1 N–H and O–H groups in total. The van der Waals surface area contributed by atoms with E-state index in [4.69, 9.17) is 4.74 Å². The lowest BCUT2D eigenvalue weighted by molar-refractivity contribution is 0.476. The zero-order valence-electron chi connectivity index (χ0n) is 15.2. The number of ether oxygens (including phenoxy) is 1. The van der Waals surface area contributed by atoms with Crippen molar-refractivity contribution in [2.45, 2.75) is 13.5 Å². The van der Waals surface area contributed by atoms with Crippen molar-refractivity contribution in [1.29, 1.82) is 0 Å². The minimum absolute atomic E-state index is 0.334. The molecule has 2 heterocycles. The Morgan fingerprint density at radius 2 is 1.89 bits per heavy atom. The van der Waals surface area contributed by atoms with E-state index in [0.717, 1.165) is 22.8 Å². The van der Waals surface area contributed by atoms with Crippen LogP contribution in [0.5, 0.6) is 11.5 Å². The van der Waals surface area contributed by atoms with E-state index in [1.165, 1.54) is 12.1 Å². The van der Waals surface area contributed by atoms with Gasteiger partial charge in [-0.1, -0.05) is 11.3 Å². The SMILES string of the molecule is Cc1cc(NCc2cn(-c3ccc(Oc4cccc(F)c4)cc3)nn2)ccn1. The first-order chi connectivity index (χ1) is 13.7. The van der Waals surface area contributed by atoms with Crippen molar-refractivity contribution in [3.8, 4) is 17.2 Å². The van der Waals surface area contributed by atoms with Gasteiger partial charge >= 0.3 is 0 Å². The third-order valence-electron chi connectivity index (χ3n) is 4.04. The van der Waals surface area contributed by atoms with Crippen LogP contribution in [0.15, 0.2) is 73.1 Å². The number of rotatable bonds is 6. The zero-order chi connectivity index (χ0) is 19.3. The molecule has 0 fully saturated rings. The molecule has 0 spiro atoms. The van der Waals surface area contributed by atoms with Crippen LogP contribution >= 0.6 is 0 Å². The summed E-state index contributed by atoms with van der Waals surface area (Å²) in [5, 5.41) is 11.7. The second kappa shape index (κ2) is 7.87. The van der Waals surface area contributed by atoms with Gasteiger partial charge < -0.3 is 10.1 Å².